The van der Waals surface area contributed by atoms with Gasteiger partial charge in [-0.15, -0.1) is 12.4 Å². The van der Waals surface area contributed by atoms with Gasteiger partial charge in [-0.3, -0.25) is 14.5 Å². The molecule has 4 rings (SSSR count). The van der Waals surface area contributed by atoms with E-state index in [-0.39, 0.29) is 51.1 Å². The molecule has 1 atom stereocenters. The van der Waals surface area contributed by atoms with Gasteiger partial charge in [-0.2, -0.15) is 26.3 Å². The minimum absolute atomic E-state index is 0. The van der Waals surface area contributed by atoms with Gasteiger partial charge in [0.15, 0.2) is 0 Å². The Balaban J connectivity index is 0.00000400. The third-order valence-corrected chi connectivity index (χ3v) is 6.37. The van der Waals surface area contributed by atoms with E-state index in [4.69, 9.17) is 4.74 Å². The van der Waals surface area contributed by atoms with Crippen LogP contribution in [0, 0.1) is 0 Å². The fourth-order valence-electron chi connectivity index (χ4n) is 4.55. The number of ether oxygens (including phenoxy) is 1. The van der Waals surface area contributed by atoms with Gasteiger partial charge in [-0.05, 0) is 36.2 Å². The summed E-state index contributed by atoms with van der Waals surface area (Å²) in [5, 5.41) is 0.874. The van der Waals surface area contributed by atoms with Crippen molar-refractivity contribution in [2.45, 2.75) is 24.8 Å². The van der Waals surface area contributed by atoms with Crippen molar-refractivity contribution < 1.29 is 40.7 Å². The van der Waals surface area contributed by atoms with Gasteiger partial charge in [0.1, 0.15) is 0 Å². The highest BCUT2D eigenvalue weighted by molar-refractivity contribution is 5.95. The molecule has 206 valence electrons. The van der Waals surface area contributed by atoms with Gasteiger partial charge in [-0.25, -0.2) is 0 Å². The van der Waals surface area contributed by atoms with Crippen molar-refractivity contribution >= 4 is 35.2 Å². The average molecular weight is 564 g/mol. The number of nitrogens with zero attached hydrogens (tertiary/aromatic N) is 2. The number of aromatic amines is 1. The normalized spacial score (nSPS) is 16.8. The molecule has 1 saturated heterocycles. The van der Waals surface area contributed by atoms with Crippen LogP contribution in [0.25, 0.3) is 10.9 Å². The summed E-state index contributed by atoms with van der Waals surface area (Å²) in [7, 11) is 1.23. The number of carbonyl (C=O) groups is 2. The van der Waals surface area contributed by atoms with E-state index in [2.05, 4.69) is 4.98 Å². The van der Waals surface area contributed by atoms with Gasteiger partial charge in [0.25, 0.3) is 5.91 Å². The standard InChI is InChI=1S/C25H23F6N3O3.ClH/c1-37-22(35)14-33-6-7-34(19(13-33)10-16-12-32-21-5-3-2-4-20(16)21)23(36)15-8-17(24(26,27)28)11-18(9-15)25(29,30)31;/h2-5,8-9,11-12,19,32H,6-7,10,13-14H2,1H3;1H. The Labute approximate surface area is 219 Å². The zero-order valence-electron chi connectivity index (χ0n) is 20.0. The van der Waals surface area contributed by atoms with Crippen LogP contribution in [0.15, 0.2) is 48.7 Å². The molecule has 0 radical (unpaired) electrons. The molecule has 1 aromatic heterocycles. The molecule has 13 heteroatoms. The Morgan fingerprint density at radius 3 is 2.24 bits per heavy atom. The predicted molar refractivity (Wildman–Crippen MR) is 129 cm³/mol. The van der Waals surface area contributed by atoms with Gasteiger partial charge < -0.3 is 14.6 Å². The van der Waals surface area contributed by atoms with E-state index in [1.807, 2.05) is 24.3 Å². The molecule has 0 saturated carbocycles. The van der Waals surface area contributed by atoms with Crippen LogP contribution in [-0.2, 0) is 28.3 Å². The lowest BCUT2D eigenvalue weighted by molar-refractivity contribution is -0.143. The van der Waals surface area contributed by atoms with Gasteiger partial charge >= 0.3 is 18.3 Å². The Morgan fingerprint density at radius 1 is 1.00 bits per heavy atom. The quantitative estimate of drug-likeness (QED) is 0.344. The smallest absolute Gasteiger partial charge is 0.416 e. The third kappa shape index (κ3) is 6.41. The molecule has 2 heterocycles. The number of hydrogen-bond acceptors (Lipinski definition) is 4. The number of methoxy groups -OCH3 is 1. The number of rotatable bonds is 5. The summed E-state index contributed by atoms with van der Waals surface area (Å²) in [4.78, 5) is 31.4. The molecule has 1 aliphatic rings. The van der Waals surface area contributed by atoms with E-state index in [9.17, 15) is 35.9 Å². The number of alkyl halides is 6. The summed E-state index contributed by atoms with van der Waals surface area (Å²) in [6, 6.07) is 7.64. The number of benzene rings is 2. The molecule has 1 fully saturated rings. The van der Waals surface area contributed by atoms with E-state index in [0.717, 1.165) is 16.5 Å². The molecule has 1 amide bonds. The van der Waals surface area contributed by atoms with Crippen molar-refractivity contribution in [3.8, 4) is 0 Å². The number of para-hydroxylation sites is 1. The van der Waals surface area contributed by atoms with Gasteiger partial charge in [0.05, 0.1) is 24.8 Å². The van der Waals surface area contributed by atoms with Crippen molar-refractivity contribution in [3.05, 3.63) is 70.9 Å². The molecule has 1 unspecified atom stereocenters. The van der Waals surface area contributed by atoms with E-state index in [1.165, 1.54) is 12.0 Å². The molecule has 1 aliphatic heterocycles. The van der Waals surface area contributed by atoms with Crippen LogP contribution in [0.5, 0.6) is 0 Å². The van der Waals surface area contributed by atoms with Crippen LogP contribution in [0.1, 0.15) is 27.0 Å². The summed E-state index contributed by atoms with van der Waals surface area (Å²) in [5.74, 6) is -1.45. The molecule has 0 aliphatic carbocycles. The van der Waals surface area contributed by atoms with Crippen LogP contribution >= 0.6 is 12.4 Å². The van der Waals surface area contributed by atoms with Crippen molar-refractivity contribution in [1.82, 2.24) is 14.8 Å². The summed E-state index contributed by atoms with van der Waals surface area (Å²) >= 11 is 0. The van der Waals surface area contributed by atoms with E-state index in [1.54, 1.807) is 11.1 Å². The van der Waals surface area contributed by atoms with Gasteiger partial charge in [0, 0.05) is 48.3 Å². The van der Waals surface area contributed by atoms with Crippen LogP contribution in [-0.4, -0.2) is 66.0 Å². The molecular weight excluding hydrogens is 540 g/mol. The number of hydrogen-bond donors (Lipinski definition) is 1. The second-order valence-electron chi connectivity index (χ2n) is 8.82. The molecule has 38 heavy (non-hydrogen) atoms. The van der Waals surface area contributed by atoms with Gasteiger partial charge in [0.2, 0.25) is 0 Å². The van der Waals surface area contributed by atoms with E-state index in [0.29, 0.717) is 12.1 Å². The number of aromatic nitrogens is 1. The summed E-state index contributed by atoms with van der Waals surface area (Å²) < 4.78 is 85.0. The molecule has 6 nitrogen and oxygen atoms in total. The number of carbonyl (C=O) groups excluding carboxylic acids is 2. The number of nitrogens with one attached hydrogen (secondary N) is 1. The lowest BCUT2D eigenvalue weighted by Gasteiger charge is -2.41. The molecule has 2 aromatic carbocycles. The lowest BCUT2D eigenvalue weighted by Crippen LogP contribution is -2.56. The van der Waals surface area contributed by atoms with Crippen LogP contribution in [0.3, 0.4) is 0 Å². The van der Waals surface area contributed by atoms with E-state index >= 15 is 0 Å². The first-order chi connectivity index (χ1) is 17.4. The number of piperazine rings is 1. The van der Waals surface area contributed by atoms with E-state index < -0.39 is 47.0 Å². The van der Waals surface area contributed by atoms with Gasteiger partial charge in [-0.1, -0.05) is 18.2 Å². The fourth-order valence-corrected chi connectivity index (χ4v) is 4.55. The third-order valence-electron chi connectivity index (χ3n) is 6.37. The maximum absolute atomic E-state index is 13.4. The molecular formula is C25H24ClF6N3O3. The summed E-state index contributed by atoms with van der Waals surface area (Å²) in [6.07, 6.45) is -8.13. The highest BCUT2D eigenvalue weighted by atomic mass is 35.5. The predicted octanol–water partition coefficient (Wildman–Crippen LogP) is 5.17. The largest absolute Gasteiger partial charge is 0.468 e. The number of fused-ring (bicyclic) bond motifs is 1. The zero-order valence-corrected chi connectivity index (χ0v) is 20.8. The van der Waals surface area contributed by atoms with Crippen LogP contribution in [0.2, 0.25) is 0 Å². The Hall–Kier alpha value is -3.25. The average Bonchev–Trinajstić information content (AvgIpc) is 3.25. The number of halogens is 7. The maximum Gasteiger partial charge on any atom is 0.416 e. The number of H-pyrrole nitrogens is 1. The van der Waals surface area contributed by atoms with Crippen molar-refractivity contribution in [1.29, 1.82) is 0 Å². The molecule has 3 aromatic rings. The maximum atomic E-state index is 13.4. The molecule has 1 N–H and O–H groups in total. The molecule has 0 spiro atoms. The first kappa shape index (κ1) is 29.3. The molecule has 0 bridgehead atoms. The summed E-state index contributed by atoms with van der Waals surface area (Å²) in [6.45, 7) is 0.299. The highest BCUT2D eigenvalue weighted by Gasteiger charge is 2.39. The topological polar surface area (TPSA) is 65.6 Å². The van der Waals surface area contributed by atoms with Crippen molar-refractivity contribution in [2.24, 2.45) is 0 Å². The lowest BCUT2D eigenvalue weighted by atomic mass is 9.98. The van der Waals surface area contributed by atoms with Crippen molar-refractivity contribution in [2.75, 3.05) is 33.3 Å². The Morgan fingerprint density at radius 2 is 1.63 bits per heavy atom. The summed E-state index contributed by atoms with van der Waals surface area (Å²) in [5.41, 5.74) is -2.15. The fraction of sp³-hybridized carbons (Fsp3) is 0.360. The first-order valence-electron chi connectivity index (χ1n) is 11.3. The van der Waals surface area contributed by atoms with Crippen LogP contribution < -0.4 is 0 Å². The number of amides is 1. The second kappa shape index (κ2) is 11.2. The SMILES string of the molecule is COC(=O)CN1CCN(C(=O)c2cc(C(F)(F)F)cc(C(F)(F)F)c2)C(Cc2c[nH]c3ccccc23)C1.Cl. The first-order valence-corrected chi connectivity index (χ1v) is 11.3. The monoisotopic (exact) mass is 563 g/mol. The Bertz CT molecular complexity index is 1280. The zero-order chi connectivity index (χ0) is 27.0. The van der Waals surface area contributed by atoms with Crippen molar-refractivity contribution in [3.63, 3.8) is 0 Å². The minimum Gasteiger partial charge on any atom is -0.468 e. The van der Waals surface area contributed by atoms with Crippen LogP contribution in [0.4, 0.5) is 26.3 Å². The Kier molecular flexibility index (Phi) is 8.67. The minimum atomic E-state index is -5.07. The second-order valence-corrected chi connectivity index (χ2v) is 8.82. The highest BCUT2D eigenvalue weighted by Crippen LogP contribution is 2.37. The number of esters is 1.